The summed E-state index contributed by atoms with van der Waals surface area (Å²) in [5.74, 6) is 0.649. The van der Waals surface area contributed by atoms with Crippen molar-refractivity contribution < 1.29 is 4.79 Å². The van der Waals surface area contributed by atoms with E-state index < -0.39 is 0 Å². The van der Waals surface area contributed by atoms with E-state index in [2.05, 4.69) is 39.7 Å². The van der Waals surface area contributed by atoms with Crippen molar-refractivity contribution >= 4 is 47.2 Å². The molecule has 2 aromatic rings. The molecule has 0 saturated carbocycles. The molecular formula is C19H28IN5OS. The maximum Gasteiger partial charge on any atom is 0.241 e. The summed E-state index contributed by atoms with van der Waals surface area (Å²) in [6, 6.07) is 10.1. The summed E-state index contributed by atoms with van der Waals surface area (Å²) in [7, 11) is 3.51. The summed E-state index contributed by atoms with van der Waals surface area (Å²) in [5.41, 5.74) is 0.986. The molecule has 0 aliphatic rings. The lowest BCUT2D eigenvalue weighted by Gasteiger charge is -2.18. The molecule has 27 heavy (non-hydrogen) atoms. The smallest absolute Gasteiger partial charge is 0.241 e. The van der Waals surface area contributed by atoms with Gasteiger partial charge in [0.2, 0.25) is 5.91 Å². The van der Waals surface area contributed by atoms with Gasteiger partial charge in [-0.25, -0.2) is 0 Å². The molecule has 0 aliphatic heterocycles. The van der Waals surface area contributed by atoms with Gasteiger partial charge in [-0.2, -0.15) is 0 Å². The van der Waals surface area contributed by atoms with Gasteiger partial charge in [-0.3, -0.25) is 14.8 Å². The monoisotopic (exact) mass is 501 g/mol. The summed E-state index contributed by atoms with van der Waals surface area (Å²) >= 11 is 1.79. The second-order valence-corrected chi connectivity index (χ2v) is 7.14. The van der Waals surface area contributed by atoms with Crippen LogP contribution in [0.25, 0.3) is 0 Å². The second-order valence-electron chi connectivity index (χ2n) is 5.89. The van der Waals surface area contributed by atoms with Crippen LogP contribution in [0, 0.1) is 0 Å². The van der Waals surface area contributed by atoms with E-state index in [0.717, 1.165) is 18.5 Å². The van der Waals surface area contributed by atoms with Crippen molar-refractivity contribution in [3.05, 3.63) is 52.0 Å². The summed E-state index contributed by atoms with van der Waals surface area (Å²) in [5, 5.41) is 6.32. The van der Waals surface area contributed by atoms with Crippen LogP contribution in [0.4, 0.5) is 0 Å². The lowest BCUT2D eigenvalue weighted by atomic mass is 10.2. The van der Waals surface area contributed by atoms with Crippen molar-refractivity contribution in [3.63, 3.8) is 0 Å². The zero-order chi connectivity index (χ0) is 18.8. The minimum Gasteiger partial charge on any atom is -0.352 e. The molecule has 2 heterocycles. The number of aryl methyl sites for hydroxylation is 1. The first-order valence-electron chi connectivity index (χ1n) is 8.78. The Morgan fingerprint density at radius 3 is 2.63 bits per heavy atom. The fraction of sp³-hybridized carbons (Fsp3) is 0.421. The zero-order valence-electron chi connectivity index (χ0n) is 16.1. The SMILES string of the molecule is CCc1ccc(CNC(=NC)NCC(=O)N(C)CCc2ccccn2)s1.I. The molecule has 148 valence electrons. The number of nitrogens with one attached hydrogen (secondary N) is 2. The minimum atomic E-state index is 0. The van der Waals surface area contributed by atoms with Gasteiger partial charge in [0.1, 0.15) is 0 Å². The van der Waals surface area contributed by atoms with Crippen molar-refractivity contribution in [1.29, 1.82) is 0 Å². The number of amides is 1. The van der Waals surface area contributed by atoms with E-state index in [9.17, 15) is 4.79 Å². The summed E-state index contributed by atoms with van der Waals surface area (Å²) in [4.78, 5) is 25.0. The fourth-order valence-corrected chi connectivity index (χ4v) is 3.24. The molecule has 8 heteroatoms. The summed E-state index contributed by atoms with van der Waals surface area (Å²) in [6.07, 6.45) is 3.57. The highest BCUT2D eigenvalue weighted by atomic mass is 127. The van der Waals surface area contributed by atoms with Gasteiger partial charge in [0.25, 0.3) is 0 Å². The van der Waals surface area contributed by atoms with E-state index in [1.165, 1.54) is 9.75 Å². The van der Waals surface area contributed by atoms with Gasteiger partial charge in [0.05, 0.1) is 13.1 Å². The van der Waals surface area contributed by atoms with Gasteiger partial charge in [-0.15, -0.1) is 35.3 Å². The fourth-order valence-electron chi connectivity index (χ4n) is 2.35. The largest absolute Gasteiger partial charge is 0.352 e. The molecule has 0 saturated heterocycles. The van der Waals surface area contributed by atoms with Crippen LogP contribution < -0.4 is 10.6 Å². The van der Waals surface area contributed by atoms with Crippen LogP contribution in [0.5, 0.6) is 0 Å². The highest BCUT2D eigenvalue weighted by Crippen LogP contribution is 2.16. The number of rotatable bonds is 8. The number of thiophene rings is 1. The van der Waals surface area contributed by atoms with Crippen molar-refractivity contribution in [2.45, 2.75) is 26.3 Å². The Morgan fingerprint density at radius 1 is 1.22 bits per heavy atom. The van der Waals surface area contributed by atoms with Crippen LogP contribution in [0.15, 0.2) is 41.5 Å². The number of halogens is 1. The number of likely N-dealkylation sites (N-methyl/N-ethyl adjacent to an activating group) is 1. The average Bonchev–Trinajstić information content (AvgIpc) is 3.15. The van der Waals surface area contributed by atoms with Crippen molar-refractivity contribution in [3.8, 4) is 0 Å². The van der Waals surface area contributed by atoms with E-state index in [-0.39, 0.29) is 36.4 Å². The first-order valence-corrected chi connectivity index (χ1v) is 9.60. The predicted octanol–water partition coefficient (Wildman–Crippen LogP) is 2.69. The van der Waals surface area contributed by atoms with Gasteiger partial charge in [0.15, 0.2) is 5.96 Å². The number of hydrogen-bond acceptors (Lipinski definition) is 4. The Balaban J connectivity index is 0.00000364. The van der Waals surface area contributed by atoms with Crippen LogP contribution in [-0.4, -0.2) is 48.9 Å². The molecule has 2 rings (SSSR count). The molecule has 0 radical (unpaired) electrons. The molecule has 2 aromatic heterocycles. The number of pyridine rings is 1. The van der Waals surface area contributed by atoms with Gasteiger partial charge < -0.3 is 15.5 Å². The normalized spacial score (nSPS) is 10.9. The van der Waals surface area contributed by atoms with E-state index in [4.69, 9.17) is 0 Å². The van der Waals surface area contributed by atoms with Crippen LogP contribution in [-0.2, 0) is 24.2 Å². The molecule has 0 unspecified atom stereocenters. The molecule has 0 atom stereocenters. The first kappa shape index (κ1) is 23.4. The lowest BCUT2D eigenvalue weighted by molar-refractivity contribution is -0.128. The molecular weight excluding hydrogens is 473 g/mol. The van der Waals surface area contributed by atoms with Crippen LogP contribution in [0.3, 0.4) is 0 Å². The maximum atomic E-state index is 12.3. The molecule has 0 fully saturated rings. The Hall–Kier alpha value is -1.68. The Kier molecular flexibility index (Phi) is 11.0. The molecule has 2 N–H and O–H groups in total. The topological polar surface area (TPSA) is 69.6 Å². The molecule has 0 aliphatic carbocycles. The highest BCUT2D eigenvalue weighted by molar-refractivity contribution is 14.0. The summed E-state index contributed by atoms with van der Waals surface area (Å²) in [6.45, 7) is 3.70. The Bertz CT molecular complexity index is 720. The third kappa shape index (κ3) is 8.25. The van der Waals surface area contributed by atoms with Crippen molar-refractivity contribution in [2.24, 2.45) is 4.99 Å². The Morgan fingerprint density at radius 2 is 2.00 bits per heavy atom. The van der Waals surface area contributed by atoms with Gasteiger partial charge in [-0.1, -0.05) is 13.0 Å². The van der Waals surface area contributed by atoms with E-state index in [1.54, 1.807) is 36.5 Å². The summed E-state index contributed by atoms with van der Waals surface area (Å²) < 4.78 is 0. The lowest BCUT2D eigenvalue weighted by Crippen LogP contribution is -2.43. The molecule has 0 spiro atoms. The molecule has 1 amide bonds. The number of aliphatic imine (C=N–C) groups is 1. The third-order valence-corrected chi connectivity index (χ3v) is 5.21. The maximum absolute atomic E-state index is 12.3. The number of aromatic nitrogens is 1. The van der Waals surface area contributed by atoms with Crippen LogP contribution in [0.2, 0.25) is 0 Å². The van der Waals surface area contributed by atoms with E-state index in [0.29, 0.717) is 19.0 Å². The standard InChI is InChI=1S/C19H27N5OS.HI/c1-4-16-8-9-17(26-16)13-22-19(20-2)23-14-18(25)24(3)12-10-15-7-5-6-11-21-15;/h5-9,11H,4,10,12-14H2,1-3H3,(H2,20,22,23);1H. The second kappa shape index (κ2) is 12.7. The first-order chi connectivity index (χ1) is 12.6. The number of carbonyl (C=O) groups is 1. The van der Waals surface area contributed by atoms with Gasteiger partial charge in [-0.05, 0) is 30.7 Å². The number of guanidine groups is 1. The Labute approximate surface area is 182 Å². The van der Waals surface area contributed by atoms with Gasteiger partial charge in [0, 0.05) is 48.7 Å². The highest BCUT2D eigenvalue weighted by Gasteiger charge is 2.10. The molecule has 0 aromatic carbocycles. The molecule has 6 nitrogen and oxygen atoms in total. The minimum absolute atomic E-state index is 0. The predicted molar refractivity (Wildman–Crippen MR) is 123 cm³/mol. The van der Waals surface area contributed by atoms with Crippen molar-refractivity contribution in [2.75, 3.05) is 27.2 Å². The van der Waals surface area contributed by atoms with Gasteiger partial charge >= 0.3 is 0 Å². The number of hydrogen-bond donors (Lipinski definition) is 2. The van der Waals surface area contributed by atoms with Crippen LogP contribution in [0.1, 0.15) is 22.4 Å². The quantitative estimate of drug-likeness (QED) is 0.332. The number of nitrogens with zero attached hydrogens (tertiary/aromatic N) is 3. The van der Waals surface area contributed by atoms with E-state index >= 15 is 0 Å². The molecule has 0 bridgehead atoms. The van der Waals surface area contributed by atoms with Crippen LogP contribution >= 0.6 is 35.3 Å². The number of carbonyl (C=O) groups excluding carboxylic acids is 1. The average molecular weight is 501 g/mol. The zero-order valence-corrected chi connectivity index (χ0v) is 19.2. The van der Waals surface area contributed by atoms with Crippen molar-refractivity contribution in [1.82, 2.24) is 20.5 Å². The third-order valence-electron chi connectivity index (χ3n) is 3.98. The van der Waals surface area contributed by atoms with E-state index in [1.807, 2.05) is 18.2 Å².